The summed E-state index contributed by atoms with van der Waals surface area (Å²) in [5.74, 6) is -2.47. The molecule has 0 aliphatic heterocycles. The van der Waals surface area contributed by atoms with E-state index >= 15 is 0 Å². The molecule has 0 amide bonds. The van der Waals surface area contributed by atoms with Crippen molar-refractivity contribution in [1.29, 1.82) is 0 Å². The van der Waals surface area contributed by atoms with Crippen LogP contribution in [0.3, 0.4) is 0 Å². The molecule has 1 atom stereocenters. The lowest BCUT2D eigenvalue weighted by Crippen LogP contribution is -2.24. The molecule has 0 bridgehead atoms. The lowest BCUT2D eigenvalue weighted by molar-refractivity contribution is 0.432. The molecule has 2 rings (SSSR count). The highest BCUT2D eigenvalue weighted by Gasteiger charge is 2.11. The van der Waals surface area contributed by atoms with Gasteiger partial charge in [0.25, 0.3) is 0 Å². The fourth-order valence-electron chi connectivity index (χ4n) is 2.17. The molecule has 6 heteroatoms. The zero-order valence-electron chi connectivity index (χ0n) is 12.0. The summed E-state index contributed by atoms with van der Waals surface area (Å²) in [5, 5.41) is 3.12. The first-order valence-corrected chi connectivity index (χ1v) is 6.79. The van der Waals surface area contributed by atoms with Crippen molar-refractivity contribution in [2.75, 3.05) is 6.54 Å². The van der Waals surface area contributed by atoms with Crippen molar-refractivity contribution in [2.45, 2.75) is 26.9 Å². The second kappa shape index (κ2) is 6.76. The van der Waals surface area contributed by atoms with Crippen LogP contribution in [0.1, 0.15) is 18.3 Å². The van der Waals surface area contributed by atoms with Gasteiger partial charge in [0, 0.05) is 25.5 Å². The van der Waals surface area contributed by atoms with Gasteiger partial charge < -0.3 is 9.88 Å². The van der Waals surface area contributed by atoms with Crippen molar-refractivity contribution in [3.63, 3.8) is 0 Å². The Balaban J connectivity index is 1.83. The van der Waals surface area contributed by atoms with Crippen LogP contribution in [-0.4, -0.2) is 16.1 Å². The number of aryl methyl sites for hydroxylation is 1. The maximum Gasteiger partial charge on any atom is 0.194 e. The van der Waals surface area contributed by atoms with Gasteiger partial charge >= 0.3 is 0 Å². The van der Waals surface area contributed by atoms with Gasteiger partial charge in [-0.3, -0.25) is 0 Å². The number of benzene rings is 1. The first-order chi connectivity index (χ1) is 9.97. The average Bonchev–Trinajstić information content (AvgIpc) is 2.81. The van der Waals surface area contributed by atoms with Crippen molar-refractivity contribution in [1.82, 2.24) is 14.9 Å². The van der Waals surface area contributed by atoms with Crippen LogP contribution in [0.2, 0.25) is 0 Å². The number of rotatable bonds is 6. The first-order valence-electron chi connectivity index (χ1n) is 6.79. The van der Waals surface area contributed by atoms with Crippen molar-refractivity contribution >= 4 is 0 Å². The molecule has 2 aromatic rings. The summed E-state index contributed by atoms with van der Waals surface area (Å²) in [6, 6.07) is 2.02. The zero-order valence-corrected chi connectivity index (χ0v) is 12.0. The predicted molar refractivity (Wildman–Crippen MR) is 74.2 cm³/mol. The van der Waals surface area contributed by atoms with Crippen LogP contribution >= 0.6 is 0 Å². The molecule has 114 valence electrons. The Labute approximate surface area is 121 Å². The molecule has 0 aliphatic carbocycles. The number of aromatic nitrogens is 2. The molecule has 0 spiro atoms. The van der Waals surface area contributed by atoms with Crippen LogP contribution < -0.4 is 5.32 Å². The van der Waals surface area contributed by atoms with E-state index in [1.165, 1.54) is 0 Å². The zero-order chi connectivity index (χ0) is 15.4. The van der Waals surface area contributed by atoms with Gasteiger partial charge in [0.2, 0.25) is 0 Å². The van der Waals surface area contributed by atoms with E-state index in [-0.39, 0.29) is 0 Å². The maximum absolute atomic E-state index is 13.1. The van der Waals surface area contributed by atoms with Gasteiger partial charge in [-0.15, -0.1) is 0 Å². The molecule has 3 nitrogen and oxygen atoms in total. The van der Waals surface area contributed by atoms with Crippen LogP contribution in [0.25, 0.3) is 0 Å². The largest absolute Gasteiger partial charge is 0.335 e. The van der Waals surface area contributed by atoms with Crippen LogP contribution in [-0.2, 0) is 13.1 Å². The summed E-state index contributed by atoms with van der Waals surface area (Å²) in [4.78, 5) is 4.15. The van der Waals surface area contributed by atoms with Crippen molar-refractivity contribution in [2.24, 2.45) is 5.92 Å². The van der Waals surface area contributed by atoms with Crippen LogP contribution in [0.5, 0.6) is 0 Å². The minimum atomic E-state index is -1.43. The minimum absolute atomic E-state index is 0.293. The Morgan fingerprint density at radius 3 is 2.48 bits per heavy atom. The minimum Gasteiger partial charge on any atom is -0.335 e. The van der Waals surface area contributed by atoms with Gasteiger partial charge in [-0.25, -0.2) is 18.2 Å². The molecule has 0 saturated carbocycles. The van der Waals surface area contributed by atoms with Crippen molar-refractivity contribution in [3.8, 4) is 0 Å². The standard InChI is InChI=1S/C15H18F3N3/c1-10(9-21-4-3-20-11(21)2)7-19-8-12-5-13(16)15(18)14(17)6-12/h3-6,10,19H,7-9H2,1-2H3. The van der Waals surface area contributed by atoms with E-state index in [0.29, 0.717) is 24.6 Å². The molecule has 1 unspecified atom stereocenters. The summed E-state index contributed by atoms with van der Waals surface area (Å²) in [5.41, 5.74) is 0.386. The summed E-state index contributed by atoms with van der Waals surface area (Å²) in [6.07, 6.45) is 3.66. The van der Waals surface area contributed by atoms with Gasteiger partial charge in [0.05, 0.1) is 0 Å². The SMILES string of the molecule is Cc1nccn1CC(C)CNCc1cc(F)c(F)c(F)c1. The van der Waals surface area contributed by atoms with Crippen molar-refractivity contribution in [3.05, 3.63) is 53.4 Å². The highest BCUT2D eigenvalue weighted by molar-refractivity contribution is 5.19. The highest BCUT2D eigenvalue weighted by atomic mass is 19.2. The van der Waals surface area contributed by atoms with E-state index in [0.717, 1.165) is 24.5 Å². The Morgan fingerprint density at radius 1 is 1.24 bits per heavy atom. The van der Waals surface area contributed by atoms with E-state index in [4.69, 9.17) is 0 Å². The summed E-state index contributed by atoms with van der Waals surface area (Å²) in [7, 11) is 0. The van der Waals surface area contributed by atoms with Crippen LogP contribution in [0, 0.1) is 30.3 Å². The molecule has 0 radical (unpaired) electrons. The molecule has 0 saturated heterocycles. The molecular formula is C15H18F3N3. The second-order valence-electron chi connectivity index (χ2n) is 5.24. The molecule has 1 heterocycles. The summed E-state index contributed by atoms with van der Waals surface area (Å²) < 4.78 is 41.0. The average molecular weight is 297 g/mol. The number of hydrogen-bond acceptors (Lipinski definition) is 2. The lowest BCUT2D eigenvalue weighted by atomic mass is 10.1. The molecule has 1 aromatic heterocycles. The molecular weight excluding hydrogens is 279 g/mol. The quantitative estimate of drug-likeness (QED) is 0.831. The van der Waals surface area contributed by atoms with E-state index in [9.17, 15) is 13.2 Å². The van der Waals surface area contributed by atoms with Gasteiger partial charge in [-0.1, -0.05) is 6.92 Å². The highest BCUT2D eigenvalue weighted by Crippen LogP contribution is 2.13. The monoisotopic (exact) mass is 297 g/mol. The van der Waals surface area contributed by atoms with Crippen molar-refractivity contribution < 1.29 is 13.2 Å². The third kappa shape index (κ3) is 4.07. The van der Waals surface area contributed by atoms with E-state index < -0.39 is 17.5 Å². The molecule has 0 aliphatic rings. The van der Waals surface area contributed by atoms with E-state index in [1.54, 1.807) is 6.20 Å². The first kappa shape index (κ1) is 15.6. The molecule has 1 N–H and O–H groups in total. The topological polar surface area (TPSA) is 29.9 Å². The van der Waals surface area contributed by atoms with Crippen LogP contribution in [0.4, 0.5) is 13.2 Å². The Morgan fingerprint density at radius 2 is 1.90 bits per heavy atom. The lowest BCUT2D eigenvalue weighted by Gasteiger charge is -2.14. The maximum atomic E-state index is 13.1. The van der Waals surface area contributed by atoms with Crippen LogP contribution in [0.15, 0.2) is 24.5 Å². The fraction of sp³-hybridized carbons (Fsp3) is 0.400. The molecule has 1 aromatic carbocycles. The number of hydrogen-bond donors (Lipinski definition) is 1. The predicted octanol–water partition coefficient (Wildman–Crippen LogP) is 3.03. The Hall–Kier alpha value is -1.82. The van der Waals surface area contributed by atoms with Gasteiger partial charge in [0.15, 0.2) is 17.5 Å². The van der Waals surface area contributed by atoms with Gasteiger partial charge in [-0.05, 0) is 37.1 Å². The third-order valence-corrected chi connectivity index (χ3v) is 3.30. The number of nitrogens with zero attached hydrogens (tertiary/aromatic N) is 2. The fourth-order valence-corrected chi connectivity index (χ4v) is 2.17. The van der Waals surface area contributed by atoms with E-state index in [2.05, 4.69) is 17.2 Å². The molecule has 21 heavy (non-hydrogen) atoms. The number of imidazole rings is 1. The number of nitrogens with one attached hydrogen (secondary N) is 1. The molecule has 0 fully saturated rings. The summed E-state index contributed by atoms with van der Waals surface area (Å²) >= 11 is 0. The third-order valence-electron chi connectivity index (χ3n) is 3.30. The second-order valence-corrected chi connectivity index (χ2v) is 5.24. The van der Waals surface area contributed by atoms with E-state index in [1.807, 2.05) is 17.7 Å². The van der Waals surface area contributed by atoms with Gasteiger partial charge in [-0.2, -0.15) is 0 Å². The number of halogens is 3. The van der Waals surface area contributed by atoms with Gasteiger partial charge in [0.1, 0.15) is 5.82 Å². The smallest absolute Gasteiger partial charge is 0.194 e. The Bertz CT molecular complexity index is 587. The summed E-state index contributed by atoms with van der Waals surface area (Å²) in [6.45, 7) is 5.78. The Kier molecular flexibility index (Phi) is 5.01. The normalized spacial score (nSPS) is 12.6.